The predicted octanol–water partition coefficient (Wildman–Crippen LogP) is 3.27. The van der Waals surface area contributed by atoms with E-state index < -0.39 is 42.1 Å². The number of thioether (sulfide) groups is 1. The Balaban J connectivity index is 1.71. The average Bonchev–Trinajstić information content (AvgIpc) is 3.10. The van der Waals surface area contributed by atoms with Crippen molar-refractivity contribution < 1.29 is 43.3 Å². The van der Waals surface area contributed by atoms with Crippen LogP contribution in [0.15, 0.2) is 41.3 Å². The highest BCUT2D eigenvalue weighted by Gasteiger charge is 2.36. The van der Waals surface area contributed by atoms with Crippen molar-refractivity contribution in [3.05, 3.63) is 57.5 Å². The van der Waals surface area contributed by atoms with Gasteiger partial charge < -0.3 is 24.6 Å². The number of aliphatic carboxylic acids is 1. The van der Waals surface area contributed by atoms with Crippen LogP contribution in [0.3, 0.4) is 0 Å². The number of carbonyl (C=O) groups excluding carboxylic acids is 4. The van der Waals surface area contributed by atoms with Crippen molar-refractivity contribution in [1.82, 2.24) is 4.90 Å². The van der Waals surface area contributed by atoms with Gasteiger partial charge in [-0.05, 0) is 53.7 Å². The van der Waals surface area contributed by atoms with E-state index in [4.69, 9.17) is 26.2 Å². The number of nitrogens with zero attached hydrogens (tertiary/aromatic N) is 1. The van der Waals surface area contributed by atoms with Gasteiger partial charge in [0.25, 0.3) is 11.1 Å². The first kappa shape index (κ1) is 26.6. The largest absolute Gasteiger partial charge is 0.493 e. The predicted molar refractivity (Wildman–Crippen MR) is 130 cm³/mol. The number of carboxylic acids is 1. The van der Waals surface area contributed by atoms with Gasteiger partial charge in [0.1, 0.15) is 6.54 Å². The topological polar surface area (TPSA) is 149 Å². The Kier molecular flexibility index (Phi) is 8.56. The van der Waals surface area contributed by atoms with Crippen molar-refractivity contribution in [3.8, 4) is 11.5 Å². The lowest BCUT2D eigenvalue weighted by Gasteiger charge is -2.13. The van der Waals surface area contributed by atoms with Gasteiger partial charge in [-0.3, -0.25) is 19.3 Å². The number of esters is 1. The molecule has 0 aliphatic carbocycles. The fourth-order valence-electron chi connectivity index (χ4n) is 3.03. The SMILES string of the molecule is COC(=O)c1cc(NC(=O)CN2C(=O)S/C(=C/c3ccc(OCC(=O)O)c(OC)c3)C2=O)ccc1Cl. The van der Waals surface area contributed by atoms with Crippen LogP contribution < -0.4 is 14.8 Å². The Hall–Kier alpha value is -4.03. The second kappa shape index (κ2) is 11.6. The van der Waals surface area contributed by atoms with Gasteiger partial charge in [-0.25, -0.2) is 9.59 Å². The highest BCUT2D eigenvalue weighted by atomic mass is 35.5. The number of ether oxygens (including phenoxy) is 3. The molecule has 188 valence electrons. The third kappa shape index (κ3) is 6.34. The molecule has 0 radical (unpaired) electrons. The lowest BCUT2D eigenvalue weighted by molar-refractivity contribution is -0.139. The maximum absolute atomic E-state index is 12.8. The number of methoxy groups -OCH3 is 2. The number of hydrogen-bond acceptors (Lipinski definition) is 9. The van der Waals surface area contributed by atoms with Crippen LogP contribution in [0.5, 0.6) is 11.5 Å². The molecule has 1 fully saturated rings. The summed E-state index contributed by atoms with van der Waals surface area (Å²) in [6.45, 7) is -1.11. The Labute approximate surface area is 213 Å². The molecule has 36 heavy (non-hydrogen) atoms. The number of halogens is 1. The molecule has 1 heterocycles. The quantitative estimate of drug-likeness (QED) is 0.362. The molecule has 1 aliphatic heterocycles. The van der Waals surface area contributed by atoms with Gasteiger partial charge in [-0.1, -0.05) is 17.7 Å². The van der Waals surface area contributed by atoms with Crippen LogP contribution in [0, 0.1) is 0 Å². The molecule has 2 N–H and O–H groups in total. The molecule has 0 aromatic heterocycles. The molecule has 2 aromatic rings. The summed E-state index contributed by atoms with van der Waals surface area (Å²) in [5.41, 5.74) is 0.756. The van der Waals surface area contributed by atoms with E-state index in [1.807, 2.05) is 0 Å². The smallest absolute Gasteiger partial charge is 0.341 e. The van der Waals surface area contributed by atoms with Crippen molar-refractivity contribution >= 4 is 64.1 Å². The van der Waals surface area contributed by atoms with Gasteiger partial charge in [-0.15, -0.1) is 0 Å². The van der Waals surface area contributed by atoms with Gasteiger partial charge in [0.2, 0.25) is 5.91 Å². The number of nitrogens with one attached hydrogen (secondary N) is 1. The lowest BCUT2D eigenvalue weighted by atomic mass is 10.2. The Bertz CT molecular complexity index is 1280. The maximum atomic E-state index is 12.8. The highest BCUT2D eigenvalue weighted by Crippen LogP contribution is 2.34. The van der Waals surface area contributed by atoms with E-state index in [9.17, 15) is 24.0 Å². The standard InChI is InChI=1S/C23H19ClN2O9S/c1-33-17-7-12(3-6-16(17)35-11-20(28)29)8-18-21(30)26(23(32)36-18)10-19(27)25-13-4-5-15(24)14(9-13)22(31)34-2/h3-9H,10-11H2,1-2H3,(H,25,27)(H,28,29)/b18-8+. The molecule has 3 amide bonds. The first-order chi connectivity index (χ1) is 17.1. The summed E-state index contributed by atoms with van der Waals surface area (Å²) >= 11 is 6.62. The lowest BCUT2D eigenvalue weighted by Crippen LogP contribution is -2.36. The second-order valence-corrected chi connectivity index (χ2v) is 8.50. The Morgan fingerprint density at radius 2 is 1.86 bits per heavy atom. The minimum absolute atomic E-state index is 0.0425. The van der Waals surface area contributed by atoms with Gasteiger partial charge >= 0.3 is 11.9 Å². The maximum Gasteiger partial charge on any atom is 0.341 e. The summed E-state index contributed by atoms with van der Waals surface area (Å²) in [7, 11) is 2.56. The van der Waals surface area contributed by atoms with E-state index in [2.05, 4.69) is 10.1 Å². The minimum atomic E-state index is -1.15. The molecule has 1 saturated heterocycles. The molecule has 11 nitrogen and oxygen atoms in total. The molecular weight excluding hydrogens is 516 g/mol. The Morgan fingerprint density at radius 3 is 2.53 bits per heavy atom. The highest BCUT2D eigenvalue weighted by molar-refractivity contribution is 8.18. The summed E-state index contributed by atoms with van der Waals surface area (Å²) in [6, 6.07) is 8.71. The Morgan fingerprint density at radius 1 is 1.11 bits per heavy atom. The number of benzene rings is 2. The van der Waals surface area contributed by atoms with Crippen molar-refractivity contribution in [2.75, 3.05) is 32.7 Å². The normalized spacial score (nSPS) is 14.1. The first-order valence-electron chi connectivity index (χ1n) is 10.1. The van der Waals surface area contributed by atoms with Crippen molar-refractivity contribution in [2.45, 2.75) is 0 Å². The summed E-state index contributed by atoms with van der Waals surface area (Å²) in [4.78, 5) is 61.0. The number of hydrogen-bond donors (Lipinski definition) is 2. The van der Waals surface area contributed by atoms with Crippen molar-refractivity contribution in [2.24, 2.45) is 0 Å². The molecular formula is C23H19ClN2O9S. The zero-order chi connectivity index (χ0) is 26.4. The van der Waals surface area contributed by atoms with Crippen LogP contribution in [-0.2, 0) is 19.1 Å². The number of carbonyl (C=O) groups is 5. The van der Waals surface area contributed by atoms with Crippen LogP contribution in [0.4, 0.5) is 10.5 Å². The molecule has 3 rings (SSSR count). The molecule has 0 atom stereocenters. The number of imide groups is 1. The van der Waals surface area contributed by atoms with Crippen LogP contribution in [-0.4, -0.2) is 66.4 Å². The van der Waals surface area contributed by atoms with Gasteiger partial charge in [0.15, 0.2) is 18.1 Å². The molecule has 2 aromatic carbocycles. The van der Waals surface area contributed by atoms with Gasteiger partial charge in [0.05, 0.1) is 29.7 Å². The number of rotatable bonds is 9. The average molecular weight is 535 g/mol. The molecule has 0 bridgehead atoms. The number of carboxylic acid groups (broad SMARTS) is 1. The molecule has 1 aliphatic rings. The third-order valence-electron chi connectivity index (χ3n) is 4.67. The minimum Gasteiger partial charge on any atom is -0.493 e. The second-order valence-electron chi connectivity index (χ2n) is 7.09. The van der Waals surface area contributed by atoms with Gasteiger partial charge in [-0.2, -0.15) is 0 Å². The fourth-order valence-corrected chi connectivity index (χ4v) is 4.07. The summed E-state index contributed by atoms with van der Waals surface area (Å²) in [5, 5.41) is 10.8. The first-order valence-corrected chi connectivity index (χ1v) is 11.3. The van der Waals surface area contributed by atoms with Crippen LogP contribution in [0.2, 0.25) is 5.02 Å². The van der Waals surface area contributed by atoms with Crippen molar-refractivity contribution in [1.29, 1.82) is 0 Å². The summed E-state index contributed by atoms with van der Waals surface area (Å²) < 4.78 is 15.0. The monoisotopic (exact) mass is 534 g/mol. The van der Waals surface area contributed by atoms with Crippen LogP contribution in [0.1, 0.15) is 15.9 Å². The van der Waals surface area contributed by atoms with Crippen LogP contribution in [0.25, 0.3) is 6.08 Å². The van der Waals surface area contributed by atoms with E-state index in [1.54, 1.807) is 6.07 Å². The molecule has 0 spiro atoms. The van der Waals surface area contributed by atoms with E-state index in [1.165, 1.54) is 50.6 Å². The van der Waals surface area contributed by atoms with E-state index in [-0.39, 0.29) is 32.7 Å². The van der Waals surface area contributed by atoms with E-state index >= 15 is 0 Å². The van der Waals surface area contributed by atoms with Crippen LogP contribution >= 0.6 is 23.4 Å². The van der Waals surface area contributed by atoms with E-state index in [0.29, 0.717) is 17.3 Å². The van der Waals surface area contributed by atoms with Gasteiger partial charge in [0, 0.05) is 5.69 Å². The number of amides is 3. The summed E-state index contributed by atoms with van der Waals surface area (Å²) in [6.07, 6.45) is 1.44. The third-order valence-corrected chi connectivity index (χ3v) is 5.90. The van der Waals surface area contributed by atoms with E-state index in [0.717, 1.165) is 4.90 Å². The fraction of sp³-hybridized carbons (Fsp3) is 0.174. The summed E-state index contributed by atoms with van der Waals surface area (Å²) in [5.74, 6) is -2.75. The number of anilines is 1. The van der Waals surface area contributed by atoms with Crippen molar-refractivity contribution in [3.63, 3.8) is 0 Å². The molecule has 0 saturated carbocycles. The molecule has 0 unspecified atom stereocenters. The molecule has 13 heteroatoms. The zero-order valence-corrected chi connectivity index (χ0v) is 20.5. The zero-order valence-electron chi connectivity index (χ0n) is 18.9.